The van der Waals surface area contributed by atoms with Gasteiger partial charge in [-0.2, -0.15) is 5.26 Å². The third-order valence-corrected chi connectivity index (χ3v) is 22.8. The molecular weight excluding hydrogens is 2110 g/mol. The summed E-state index contributed by atoms with van der Waals surface area (Å²) in [6, 6.07) is 15.2. The number of H-pyrrole nitrogens is 1. The number of ether oxygens (including phenoxy) is 3. The van der Waals surface area contributed by atoms with Gasteiger partial charge in [0.05, 0.1) is 75.2 Å². The van der Waals surface area contributed by atoms with E-state index in [2.05, 4.69) is 225 Å². The Morgan fingerprint density at radius 1 is 0.624 bits per heavy atom. The van der Waals surface area contributed by atoms with E-state index in [0.717, 1.165) is 159 Å². The molecule has 0 bridgehead atoms. The number of hydrogen-bond acceptors (Lipinski definition) is 16. The molecule has 3 aromatic carbocycles. The van der Waals surface area contributed by atoms with Crippen LogP contribution in [0.1, 0.15) is 213 Å². The van der Waals surface area contributed by atoms with Crippen LogP contribution in [0.5, 0.6) is 0 Å². The first kappa shape index (κ1) is 117. The number of aromatic amines is 1. The van der Waals surface area contributed by atoms with Gasteiger partial charge in [0.2, 0.25) is 5.69 Å². The zero-order valence-corrected chi connectivity index (χ0v) is 88.0. The Morgan fingerprint density at radius 3 is 1.41 bits per heavy atom. The number of nitrogens with zero attached hydrogens (tertiary/aromatic N) is 8. The zero-order chi connectivity index (χ0) is 92.7. The number of carbonyl (C=O) groups is 7. The predicted molar refractivity (Wildman–Crippen MR) is 514 cm³/mol. The van der Waals surface area contributed by atoms with E-state index in [1.807, 2.05) is 84.5 Å². The van der Waals surface area contributed by atoms with Crippen molar-refractivity contribution in [3.8, 4) is 28.6 Å². The molecule has 1 radical (unpaired) electrons. The standard InChI is InChI=1S/C18H21N3O2.C17H15FN2O.C12H18BrNO2.C12H19NO2.C10H12BrNO.C7H5BFNO2.C6H11BrO2.C6H9N.BBr3.BHNS.Na.Pd.H/c1-10-11(2)17-15(22)5-4-8-21(17)16(10)12-6-7-13(18(19)23)14(9-12)20-3;1-10-11(2)17-15(21)5-4-8-20(17)16(10)12-6-7-14(19-3)13(18)9-12;1-4-16-11(15)6-5-7-14-8-9(2)10(3)12(14)13;1-4-15-12(14)6-5-7-13-8-10(2)11(3)9-13;1-6-7(2)10(11)12-5-3-4-8(13)9(6)12;9-7-3-6(8(11)12)2-1-5(7)4-10;1-2-9-6(8)4-3-5-7;1-5-3-7-4-6(5)2;2-1(3)4;1-2-3;;;/h6-7,9,20H,4-5,8H2,1-3H3,(H2,19,23);6-7,9H,4-5,8H2,1-2H3;8H,4-7H2,1-3H3;8-9H,4-7H2,1-3H3;3-5H2,1-2H3;1-3,11-12H;2-5H2,1H3;3-4,7H,1-2H3;;3H;;;/q;;;;;;;;;;+1;;-1. The van der Waals surface area contributed by atoms with Crippen molar-refractivity contribution < 1.29 is 118 Å². The average Bonchev–Trinajstić information content (AvgIpc) is 1.62. The van der Waals surface area contributed by atoms with E-state index in [1.54, 1.807) is 25.2 Å². The van der Waals surface area contributed by atoms with Crippen molar-refractivity contribution in [2.75, 3.05) is 37.5 Å². The number of hydrogen-bond donors (Lipinski definition) is 6. The van der Waals surface area contributed by atoms with Gasteiger partial charge in [0, 0.05) is 146 Å². The second-order valence-corrected chi connectivity index (χ2v) is 37.5. The van der Waals surface area contributed by atoms with E-state index in [0.29, 0.717) is 69.6 Å². The number of aryl methyl sites for hydroxylation is 7. The molecule has 673 valence electrons. The van der Waals surface area contributed by atoms with Crippen LogP contribution < -0.4 is 46.1 Å². The van der Waals surface area contributed by atoms with Gasteiger partial charge in [-0.25, -0.2) is 13.6 Å². The molecule has 0 aliphatic carbocycles. The number of nitrogens with two attached hydrogens (primary N) is 1. The van der Waals surface area contributed by atoms with Crippen LogP contribution in [0.15, 0.2) is 99.1 Å². The van der Waals surface area contributed by atoms with E-state index < -0.39 is 24.7 Å². The summed E-state index contributed by atoms with van der Waals surface area (Å²) in [5.74, 6) is -1.37. The number of nitrogens with one attached hydrogen (secondary N) is 2. The van der Waals surface area contributed by atoms with Crippen LogP contribution in [0.25, 0.3) is 27.4 Å². The van der Waals surface area contributed by atoms with E-state index in [1.165, 1.54) is 63.2 Å². The number of amides is 1. The van der Waals surface area contributed by atoms with E-state index in [4.69, 9.17) is 37.1 Å². The van der Waals surface area contributed by atoms with Gasteiger partial charge in [-0.15, -0.1) is 47.3 Å². The summed E-state index contributed by atoms with van der Waals surface area (Å²) >= 11 is 22.8. The van der Waals surface area contributed by atoms with Crippen molar-refractivity contribution in [3.63, 3.8) is 0 Å². The third-order valence-electron chi connectivity index (χ3n) is 20.2. The Kier molecular flexibility index (Phi) is 56.5. The maximum atomic E-state index is 13.9. The molecular formula is C88H112B3Br6F2N11NaO12PdS. The number of anilines is 1. The van der Waals surface area contributed by atoms with E-state index in [-0.39, 0.29) is 107 Å². The number of primary amides is 1. The number of alkyl halides is 1. The van der Waals surface area contributed by atoms with Crippen LogP contribution in [0.3, 0.4) is 0 Å². The van der Waals surface area contributed by atoms with Crippen molar-refractivity contribution in [3.05, 3.63) is 213 Å². The number of benzene rings is 3. The number of nitriles is 1. The van der Waals surface area contributed by atoms with Gasteiger partial charge in [-0.3, -0.25) is 33.6 Å². The molecule has 125 heavy (non-hydrogen) atoms. The van der Waals surface area contributed by atoms with Crippen LogP contribution in [0.2, 0.25) is 0 Å². The van der Waals surface area contributed by atoms with Gasteiger partial charge in [0.15, 0.2) is 17.3 Å². The summed E-state index contributed by atoms with van der Waals surface area (Å²) in [6.07, 6.45) is 18.9. The van der Waals surface area contributed by atoms with Crippen LogP contribution >= 0.6 is 108 Å². The fourth-order valence-corrected chi connectivity index (χ4v) is 14.8. The number of aromatic nitrogens is 6. The molecule has 0 atom stereocenters. The SMILES string of the molecule is BrB(Br)Br.CCOC(=O)CCCBr.CCOC(=O)CCCn1cc(C)c(C)c1.CCOC(=O)CCCn1cc(C)c(C)c1Br.CNc1cc(-c2c(C)c(C)c3n2CCCC3=O)ccc1C(N)=O.Cc1c(C)c2n(c1Br)CCCC2=O.Cc1c[nH]cc1C.N#Cc1ccc(B(O)O)cc1F.[B]=NS.[C-]#[N+]c1ccc(-c2c(C)c(C)c3n2CCCC3=O)cc1F.[H-].[Na+].[Pd]. The largest absolute Gasteiger partial charge is 1.00 e. The topological polar surface area (TPSA) is 307 Å². The maximum absolute atomic E-state index is 13.9. The molecule has 6 aromatic heterocycles. The maximum Gasteiger partial charge on any atom is 1.00 e. The molecule has 0 fully saturated rings. The fraction of sp³-hybridized carbons (Fsp3) is 0.420. The van der Waals surface area contributed by atoms with Gasteiger partial charge in [-0.1, -0.05) is 40.2 Å². The minimum Gasteiger partial charge on any atom is -1.00 e. The summed E-state index contributed by atoms with van der Waals surface area (Å²) in [5, 5.41) is 29.5. The summed E-state index contributed by atoms with van der Waals surface area (Å²) in [5.41, 5.74) is 26.9. The molecule has 6 N–H and O–H groups in total. The summed E-state index contributed by atoms with van der Waals surface area (Å²) < 4.78 is 56.7. The molecule has 9 heterocycles. The number of esters is 3. The van der Waals surface area contributed by atoms with Crippen LogP contribution in [0.4, 0.5) is 20.2 Å². The second-order valence-electron chi connectivity index (χ2n) is 28.6. The zero-order valence-electron chi connectivity index (χ0n) is 75.1. The molecule has 0 spiro atoms. The molecule has 1 amide bonds. The molecule has 0 saturated heterocycles. The Labute approximate surface area is 829 Å². The average molecular weight is 2230 g/mol. The molecule has 23 nitrogen and oxygen atoms in total. The number of carbonyl (C=O) groups excluding carboxylic acids is 7. The first-order chi connectivity index (χ1) is 58.2. The Morgan fingerprint density at radius 2 is 1.04 bits per heavy atom. The number of ketones is 3. The smallest absolute Gasteiger partial charge is 1.00 e. The molecule has 37 heteroatoms. The molecule has 9 aromatic rings. The van der Waals surface area contributed by atoms with Gasteiger partial charge >= 0.3 is 82.5 Å². The van der Waals surface area contributed by atoms with Crippen molar-refractivity contribution in [2.45, 2.75) is 214 Å². The third kappa shape index (κ3) is 36.5. The van der Waals surface area contributed by atoms with Crippen LogP contribution in [-0.2, 0) is 81.7 Å². The van der Waals surface area contributed by atoms with Crippen molar-refractivity contribution in [1.29, 1.82) is 5.26 Å². The van der Waals surface area contributed by atoms with Crippen LogP contribution in [-0.4, -0.2) is 129 Å². The van der Waals surface area contributed by atoms with Crippen LogP contribution in [0, 0.1) is 113 Å². The summed E-state index contributed by atoms with van der Waals surface area (Å²) in [6.45, 7) is 42.7. The minimum absolute atomic E-state index is 0. The normalized spacial score (nSPS) is 11.5. The predicted octanol–water partition coefficient (Wildman–Crippen LogP) is 18.0. The summed E-state index contributed by atoms with van der Waals surface area (Å²) in [7, 11) is 4.40. The van der Waals surface area contributed by atoms with Gasteiger partial charge < -0.3 is 64.6 Å². The first-order valence-electron chi connectivity index (χ1n) is 40.0. The molecule has 0 unspecified atom stereocenters. The summed E-state index contributed by atoms with van der Waals surface area (Å²) in [4.78, 5) is 86.5. The minimum atomic E-state index is -1.70. The first-order valence-corrected chi connectivity index (χ1v) is 45.8. The Bertz CT molecular complexity index is 5150. The number of rotatable bonds is 19. The second kappa shape index (κ2) is 60.5. The van der Waals surface area contributed by atoms with Crippen molar-refractivity contribution >= 4 is 184 Å². The Hall–Kier alpha value is -6.32. The molecule has 12 rings (SSSR count). The number of thiol groups is 1. The molecule has 3 aliphatic heterocycles. The number of halogens is 8. The van der Waals surface area contributed by atoms with Gasteiger partial charge in [-0.05, 0) is 282 Å². The van der Waals surface area contributed by atoms with E-state index >= 15 is 0 Å². The van der Waals surface area contributed by atoms with Crippen molar-refractivity contribution in [2.24, 2.45) is 10.0 Å². The number of Topliss-reactive ketones (excluding diaryl/α,β-unsaturated/α-hetero) is 3. The fourth-order valence-electron chi connectivity index (χ4n) is 13.3. The van der Waals surface area contributed by atoms with Gasteiger partial charge in [0.1, 0.15) is 17.7 Å². The van der Waals surface area contributed by atoms with Gasteiger partial charge in [0.25, 0.3) is 5.91 Å². The quantitative estimate of drug-likeness (QED) is 0.0110. The molecule has 3 aliphatic rings. The Balaban J connectivity index is 0.00000142. The monoisotopic (exact) mass is 2220 g/mol. The van der Waals surface area contributed by atoms with E-state index in [9.17, 15) is 42.3 Å². The van der Waals surface area contributed by atoms with Crippen molar-refractivity contribution in [1.82, 2.24) is 27.8 Å². The molecule has 0 saturated carbocycles. The number of fused-ring (bicyclic) bond motifs is 3.